The number of benzene rings is 2. The Morgan fingerprint density at radius 2 is 1.79 bits per heavy atom. The van der Waals surface area contributed by atoms with Crippen molar-refractivity contribution in [3.63, 3.8) is 0 Å². The Hall–Kier alpha value is -3.54. The average Bonchev–Trinajstić information content (AvgIpc) is 3.33. The van der Waals surface area contributed by atoms with E-state index in [1.165, 1.54) is 24.3 Å². The molecule has 1 saturated carbocycles. The first kappa shape index (κ1) is 27.0. The van der Waals surface area contributed by atoms with Gasteiger partial charge in [-0.15, -0.1) is 5.53 Å². The first-order valence-corrected chi connectivity index (χ1v) is 13.4. The van der Waals surface area contributed by atoms with E-state index in [1.54, 1.807) is 23.3 Å². The maximum Gasteiger partial charge on any atom is 0.251 e. The summed E-state index contributed by atoms with van der Waals surface area (Å²) in [6.45, 7) is 3.30. The minimum absolute atomic E-state index is 0.0943. The Balaban J connectivity index is 1.17. The second-order valence-corrected chi connectivity index (χ2v) is 10.4. The maximum atomic E-state index is 15.2. The number of carbonyl (C=O) groups excluding carboxylic acids is 2. The highest BCUT2D eigenvalue weighted by molar-refractivity contribution is 5.97. The zero-order chi connectivity index (χ0) is 27.4. The van der Waals surface area contributed by atoms with Crippen LogP contribution in [-0.4, -0.2) is 73.5 Å². The van der Waals surface area contributed by atoms with E-state index in [2.05, 4.69) is 26.5 Å². The summed E-state index contributed by atoms with van der Waals surface area (Å²) in [4.78, 5) is 30.5. The molecule has 208 valence electrons. The first-order chi connectivity index (χ1) is 18.8. The Morgan fingerprint density at radius 3 is 2.46 bits per heavy atom. The van der Waals surface area contributed by atoms with Crippen molar-refractivity contribution in [2.24, 2.45) is 0 Å². The van der Waals surface area contributed by atoms with Crippen molar-refractivity contribution in [1.29, 1.82) is 0 Å². The number of likely N-dealkylation sites (N-methyl/N-ethyl adjacent to an activating group) is 1. The molecular formula is C28H35F2N7O2. The summed E-state index contributed by atoms with van der Waals surface area (Å²) in [6, 6.07) is 11.6. The predicted molar refractivity (Wildman–Crippen MR) is 144 cm³/mol. The lowest BCUT2D eigenvalue weighted by Gasteiger charge is -2.34. The van der Waals surface area contributed by atoms with E-state index in [1.807, 2.05) is 30.3 Å². The number of amides is 2. The Bertz CT molecular complexity index is 1190. The third-order valence-corrected chi connectivity index (χ3v) is 7.60. The molecule has 2 fully saturated rings. The number of nitrogens with one attached hydrogen (secondary N) is 4. The van der Waals surface area contributed by atoms with Gasteiger partial charge in [0.05, 0.1) is 5.69 Å². The van der Waals surface area contributed by atoms with Crippen LogP contribution in [-0.2, 0) is 10.5 Å². The van der Waals surface area contributed by atoms with Crippen LogP contribution in [0.2, 0.25) is 0 Å². The highest BCUT2D eigenvalue weighted by Gasteiger charge is 2.56. The normalized spacial score (nSPS) is 23.4. The molecule has 2 heterocycles. The number of hydrazine groups is 2. The number of nitrogens with zero attached hydrogens (tertiary/aromatic N) is 3. The molecule has 0 spiro atoms. The van der Waals surface area contributed by atoms with E-state index in [0.29, 0.717) is 50.0 Å². The predicted octanol–water partition coefficient (Wildman–Crippen LogP) is 2.01. The molecule has 3 atom stereocenters. The molecule has 2 aromatic rings. The van der Waals surface area contributed by atoms with Gasteiger partial charge in [-0.2, -0.15) is 0 Å². The summed E-state index contributed by atoms with van der Waals surface area (Å²) in [5.74, 6) is -0.797. The lowest BCUT2D eigenvalue weighted by Crippen LogP contribution is -2.54. The highest BCUT2D eigenvalue weighted by Crippen LogP contribution is 2.49. The molecule has 2 aliphatic heterocycles. The van der Waals surface area contributed by atoms with Gasteiger partial charge < -0.3 is 25.9 Å². The minimum atomic E-state index is -1.50. The molecule has 0 aromatic heterocycles. The topological polar surface area (TPSA) is 92.0 Å². The van der Waals surface area contributed by atoms with Crippen LogP contribution in [0.1, 0.15) is 35.2 Å². The van der Waals surface area contributed by atoms with Crippen molar-refractivity contribution in [3.05, 3.63) is 77.9 Å². The summed E-state index contributed by atoms with van der Waals surface area (Å²) in [5, 5.41) is 7.94. The molecule has 9 nitrogen and oxygen atoms in total. The van der Waals surface area contributed by atoms with E-state index in [9.17, 15) is 14.0 Å². The van der Waals surface area contributed by atoms with E-state index < -0.39 is 11.7 Å². The average molecular weight is 540 g/mol. The van der Waals surface area contributed by atoms with E-state index in [-0.39, 0.29) is 23.7 Å². The van der Waals surface area contributed by atoms with Gasteiger partial charge in [0.2, 0.25) is 5.91 Å². The second-order valence-electron chi connectivity index (χ2n) is 10.4. The zero-order valence-electron chi connectivity index (χ0n) is 22.0. The van der Waals surface area contributed by atoms with Gasteiger partial charge in [0, 0.05) is 56.6 Å². The fraction of sp³-hybridized carbons (Fsp3) is 0.429. The number of hydrogen-bond donors (Lipinski definition) is 4. The summed E-state index contributed by atoms with van der Waals surface area (Å²) in [7, 11) is 2.02. The number of carbonyl (C=O) groups is 2. The zero-order valence-corrected chi connectivity index (χ0v) is 22.0. The molecule has 39 heavy (non-hydrogen) atoms. The van der Waals surface area contributed by atoms with Crippen LogP contribution in [0.25, 0.3) is 0 Å². The van der Waals surface area contributed by atoms with Gasteiger partial charge in [-0.1, -0.05) is 12.1 Å². The standard InChI is InChI=1S/C28H35F2N7O2/c1-35-15-17-36(18-16-35)27(39)24(33-26(38)20-4-10-23(11-5-20)37-14-13-32-34-37)3-2-12-31-25-19-28(25,30)21-6-8-22(29)9-7-21/h4-11,13-14,24-25,31-32,34H,2-3,12,15-19H2,1H3,(H,33,38)/t24-,25-,28-/m0/s1. The Labute approximate surface area is 227 Å². The van der Waals surface area contributed by atoms with Crippen LogP contribution in [0, 0.1) is 5.82 Å². The van der Waals surface area contributed by atoms with Crippen LogP contribution in [0.5, 0.6) is 0 Å². The highest BCUT2D eigenvalue weighted by atomic mass is 19.1. The molecule has 0 radical (unpaired) electrons. The lowest BCUT2D eigenvalue weighted by molar-refractivity contribution is -0.135. The van der Waals surface area contributed by atoms with Gasteiger partial charge in [-0.05, 0) is 68.4 Å². The van der Waals surface area contributed by atoms with Crippen LogP contribution in [0.4, 0.5) is 14.5 Å². The Kier molecular flexibility index (Phi) is 8.10. The maximum absolute atomic E-state index is 15.2. The van der Waals surface area contributed by atoms with Gasteiger partial charge in [0.1, 0.15) is 11.9 Å². The van der Waals surface area contributed by atoms with Gasteiger partial charge in [-0.3, -0.25) is 14.6 Å². The third kappa shape index (κ3) is 6.38. The molecule has 0 unspecified atom stereocenters. The molecule has 11 heteroatoms. The van der Waals surface area contributed by atoms with Crippen molar-refractivity contribution in [3.8, 4) is 0 Å². The molecule has 1 saturated heterocycles. The monoisotopic (exact) mass is 539 g/mol. The van der Waals surface area contributed by atoms with Crippen molar-refractivity contribution in [1.82, 2.24) is 31.4 Å². The van der Waals surface area contributed by atoms with Crippen LogP contribution in [0.3, 0.4) is 0 Å². The molecule has 5 rings (SSSR count). The van der Waals surface area contributed by atoms with Crippen molar-refractivity contribution in [2.45, 2.75) is 37.0 Å². The molecule has 3 aliphatic rings. The summed E-state index contributed by atoms with van der Waals surface area (Å²) in [5.41, 5.74) is 6.09. The molecule has 2 aromatic carbocycles. The minimum Gasteiger partial charge on any atom is -0.340 e. The molecule has 4 N–H and O–H groups in total. The largest absolute Gasteiger partial charge is 0.340 e. The lowest BCUT2D eigenvalue weighted by atomic mass is 10.1. The second kappa shape index (κ2) is 11.7. The summed E-state index contributed by atoms with van der Waals surface area (Å²) in [6.07, 6.45) is 4.91. The third-order valence-electron chi connectivity index (χ3n) is 7.60. The number of anilines is 1. The van der Waals surface area contributed by atoms with Crippen LogP contribution < -0.4 is 26.6 Å². The quantitative estimate of drug-likeness (QED) is 0.344. The summed E-state index contributed by atoms with van der Waals surface area (Å²) >= 11 is 0. The van der Waals surface area contributed by atoms with E-state index in [4.69, 9.17) is 0 Å². The first-order valence-electron chi connectivity index (χ1n) is 13.4. The SMILES string of the molecule is CN1CCN(C(=O)[C@H](CCCN[C@H]2C[C@]2(F)c2ccc(F)cc2)NC(=O)c2ccc(N3C=CNN3)cc2)CC1. The number of alkyl halides is 1. The van der Waals surface area contributed by atoms with Gasteiger partial charge in [-0.25, -0.2) is 8.78 Å². The van der Waals surface area contributed by atoms with Gasteiger partial charge in [0.25, 0.3) is 5.91 Å². The fourth-order valence-corrected chi connectivity index (χ4v) is 5.03. The van der Waals surface area contributed by atoms with Gasteiger partial charge in [0.15, 0.2) is 5.67 Å². The van der Waals surface area contributed by atoms with Crippen LogP contribution in [0.15, 0.2) is 60.9 Å². The molecular weight excluding hydrogens is 504 g/mol. The molecule has 0 bridgehead atoms. The van der Waals surface area contributed by atoms with Crippen LogP contribution >= 0.6 is 0 Å². The smallest absolute Gasteiger partial charge is 0.251 e. The van der Waals surface area contributed by atoms with Crippen molar-refractivity contribution < 1.29 is 18.4 Å². The van der Waals surface area contributed by atoms with E-state index in [0.717, 1.165) is 18.8 Å². The number of halogens is 2. The van der Waals surface area contributed by atoms with Crippen molar-refractivity contribution >= 4 is 17.5 Å². The van der Waals surface area contributed by atoms with Gasteiger partial charge >= 0.3 is 0 Å². The van der Waals surface area contributed by atoms with Crippen molar-refractivity contribution in [2.75, 3.05) is 44.8 Å². The Morgan fingerprint density at radius 1 is 1.08 bits per heavy atom. The summed E-state index contributed by atoms with van der Waals surface area (Å²) < 4.78 is 28.4. The number of hydrogen-bond acceptors (Lipinski definition) is 7. The molecule has 1 aliphatic carbocycles. The molecule has 2 amide bonds. The fourth-order valence-electron chi connectivity index (χ4n) is 5.03. The number of piperazine rings is 1. The number of rotatable bonds is 10. The van der Waals surface area contributed by atoms with E-state index >= 15 is 4.39 Å².